The number of fused-ring (bicyclic) bond motifs is 1. The fourth-order valence-electron chi connectivity index (χ4n) is 3.81. The molecule has 0 radical (unpaired) electrons. The average Bonchev–Trinajstić information content (AvgIpc) is 3.04. The summed E-state index contributed by atoms with van der Waals surface area (Å²) in [5.74, 6) is 0.948. The fourth-order valence-corrected chi connectivity index (χ4v) is 5.17. The molecule has 0 saturated carbocycles. The first-order valence-corrected chi connectivity index (χ1v) is 10.2. The molecule has 2 aromatic rings. The van der Waals surface area contributed by atoms with Gasteiger partial charge in [-0.1, -0.05) is 24.6 Å². The van der Waals surface area contributed by atoms with Crippen molar-refractivity contribution in [3.8, 4) is 0 Å². The molecule has 2 aliphatic rings. The number of anilines is 1. The van der Waals surface area contributed by atoms with Crippen molar-refractivity contribution in [3.63, 3.8) is 0 Å². The molecule has 1 fully saturated rings. The van der Waals surface area contributed by atoms with Gasteiger partial charge >= 0.3 is 0 Å². The van der Waals surface area contributed by atoms with Gasteiger partial charge in [-0.25, -0.2) is 0 Å². The molecule has 3 nitrogen and oxygen atoms in total. The van der Waals surface area contributed by atoms with Crippen molar-refractivity contribution in [1.29, 1.82) is 0 Å². The van der Waals surface area contributed by atoms with Crippen molar-refractivity contribution in [2.24, 2.45) is 5.92 Å². The number of aryl methyl sites for hydroxylation is 1. The molecule has 1 aliphatic heterocycles. The molecule has 0 bridgehead atoms. The summed E-state index contributed by atoms with van der Waals surface area (Å²) in [5, 5.41) is 0.759. The zero-order valence-corrected chi connectivity index (χ0v) is 16.1. The number of amides is 1. The lowest BCUT2D eigenvalue weighted by molar-refractivity contribution is 0.0751. The lowest BCUT2D eigenvalue weighted by Gasteiger charge is -2.36. The Hall–Kier alpha value is -1.52. The van der Waals surface area contributed by atoms with Gasteiger partial charge in [0.15, 0.2) is 0 Å². The lowest BCUT2D eigenvalue weighted by Crippen LogP contribution is -2.48. The van der Waals surface area contributed by atoms with Crippen LogP contribution in [0, 0.1) is 5.92 Å². The lowest BCUT2D eigenvalue weighted by atomic mass is 9.90. The highest BCUT2D eigenvalue weighted by molar-refractivity contribution is 7.14. The molecule has 0 spiro atoms. The molecule has 1 atom stereocenters. The van der Waals surface area contributed by atoms with E-state index in [9.17, 15) is 4.79 Å². The molecule has 25 heavy (non-hydrogen) atoms. The van der Waals surface area contributed by atoms with E-state index in [1.54, 1.807) is 11.3 Å². The van der Waals surface area contributed by atoms with Crippen LogP contribution in [0.1, 0.15) is 33.5 Å². The Morgan fingerprint density at radius 1 is 1.20 bits per heavy atom. The third-order valence-electron chi connectivity index (χ3n) is 5.28. The SMILES string of the molecule is C[C@H]1CCc2sc(C(=O)N3CCN(c4cccc(Cl)c4)CC3)cc2C1. The number of rotatable bonds is 2. The fraction of sp³-hybridized carbons (Fsp3) is 0.450. The third kappa shape index (κ3) is 3.56. The summed E-state index contributed by atoms with van der Waals surface area (Å²) in [6.07, 6.45) is 3.51. The number of thiophene rings is 1. The summed E-state index contributed by atoms with van der Waals surface area (Å²) in [6.45, 7) is 5.55. The van der Waals surface area contributed by atoms with Crippen LogP contribution in [0.4, 0.5) is 5.69 Å². The summed E-state index contributed by atoms with van der Waals surface area (Å²) in [7, 11) is 0. The molecule has 1 aliphatic carbocycles. The van der Waals surface area contributed by atoms with Gasteiger partial charge in [0.1, 0.15) is 0 Å². The van der Waals surface area contributed by atoms with Crippen molar-refractivity contribution in [1.82, 2.24) is 4.90 Å². The van der Waals surface area contributed by atoms with E-state index in [1.165, 1.54) is 16.9 Å². The second-order valence-electron chi connectivity index (χ2n) is 7.17. The Kier molecular flexibility index (Phi) is 4.74. The molecule has 5 heteroatoms. The van der Waals surface area contributed by atoms with Gasteiger partial charge in [-0.3, -0.25) is 4.79 Å². The smallest absolute Gasteiger partial charge is 0.264 e. The summed E-state index contributed by atoms with van der Waals surface area (Å²) in [5.41, 5.74) is 2.55. The third-order valence-corrected chi connectivity index (χ3v) is 6.74. The molecule has 1 saturated heterocycles. The molecule has 4 rings (SSSR count). The standard InChI is InChI=1S/C20H23ClN2OS/c1-14-5-6-18-15(11-14)12-19(25-18)20(24)23-9-7-22(8-10-23)17-4-2-3-16(21)13-17/h2-4,12-14H,5-11H2,1H3/t14-/m0/s1. The number of carbonyl (C=O) groups excluding carboxylic acids is 1. The number of halogens is 1. The zero-order valence-electron chi connectivity index (χ0n) is 14.5. The van der Waals surface area contributed by atoms with E-state index in [0.29, 0.717) is 0 Å². The van der Waals surface area contributed by atoms with Crippen LogP contribution in [0.2, 0.25) is 5.02 Å². The summed E-state index contributed by atoms with van der Waals surface area (Å²) in [4.78, 5) is 19.6. The summed E-state index contributed by atoms with van der Waals surface area (Å²) >= 11 is 7.81. The van der Waals surface area contributed by atoms with Crippen LogP contribution in [0.15, 0.2) is 30.3 Å². The van der Waals surface area contributed by atoms with Crippen molar-refractivity contribution in [2.75, 3.05) is 31.1 Å². The molecule has 1 aromatic heterocycles. The first-order chi connectivity index (χ1) is 12.1. The molecule has 1 amide bonds. The predicted octanol–water partition coefficient (Wildman–Crippen LogP) is 4.49. The number of benzene rings is 1. The monoisotopic (exact) mass is 374 g/mol. The van der Waals surface area contributed by atoms with E-state index < -0.39 is 0 Å². The molecule has 0 N–H and O–H groups in total. The van der Waals surface area contributed by atoms with Crippen molar-refractivity contribution < 1.29 is 4.79 Å². The minimum Gasteiger partial charge on any atom is -0.368 e. The Bertz CT molecular complexity index is 780. The van der Waals surface area contributed by atoms with Crippen molar-refractivity contribution in [2.45, 2.75) is 26.2 Å². The maximum absolute atomic E-state index is 12.9. The summed E-state index contributed by atoms with van der Waals surface area (Å²) in [6, 6.07) is 10.1. The van der Waals surface area contributed by atoms with Gasteiger partial charge in [0, 0.05) is 41.8 Å². The maximum Gasteiger partial charge on any atom is 0.264 e. The molecular weight excluding hydrogens is 352 g/mol. The minimum atomic E-state index is 0.206. The van der Waals surface area contributed by atoms with Crippen molar-refractivity contribution >= 4 is 34.5 Å². The molecule has 1 aromatic carbocycles. The molecule has 0 unspecified atom stereocenters. The van der Waals surface area contributed by atoms with E-state index in [1.807, 2.05) is 23.1 Å². The largest absolute Gasteiger partial charge is 0.368 e. The highest BCUT2D eigenvalue weighted by Crippen LogP contribution is 2.33. The molecule has 2 heterocycles. The normalized spacial score (nSPS) is 20.5. The van der Waals surface area contributed by atoms with Crippen LogP contribution >= 0.6 is 22.9 Å². The van der Waals surface area contributed by atoms with Crippen LogP contribution < -0.4 is 4.90 Å². The Balaban J connectivity index is 1.41. The second kappa shape index (κ2) is 7.00. The quantitative estimate of drug-likeness (QED) is 0.773. The van der Waals surface area contributed by atoms with Gasteiger partial charge in [0.25, 0.3) is 5.91 Å². The van der Waals surface area contributed by atoms with Crippen molar-refractivity contribution in [3.05, 3.63) is 50.7 Å². The second-order valence-corrected chi connectivity index (χ2v) is 8.74. The van der Waals surface area contributed by atoms with Gasteiger partial charge in [-0.15, -0.1) is 11.3 Å². The zero-order chi connectivity index (χ0) is 17.4. The summed E-state index contributed by atoms with van der Waals surface area (Å²) < 4.78 is 0. The van der Waals surface area contributed by atoms with Gasteiger partial charge in [0.2, 0.25) is 0 Å². The van der Waals surface area contributed by atoms with E-state index in [-0.39, 0.29) is 5.91 Å². The van der Waals surface area contributed by atoms with Gasteiger partial charge in [-0.05, 0) is 55.0 Å². The Labute approximate surface area is 158 Å². The van der Waals surface area contributed by atoms with E-state index in [4.69, 9.17) is 11.6 Å². The number of nitrogens with zero attached hydrogens (tertiary/aromatic N) is 2. The number of hydrogen-bond donors (Lipinski definition) is 0. The molecular formula is C20H23ClN2OS. The van der Waals surface area contributed by atoms with Crippen LogP contribution in [-0.2, 0) is 12.8 Å². The van der Waals surface area contributed by atoms with Crippen LogP contribution in [0.5, 0.6) is 0 Å². The predicted molar refractivity (Wildman–Crippen MR) is 105 cm³/mol. The average molecular weight is 375 g/mol. The molecule has 132 valence electrons. The van der Waals surface area contributed by atoms with Crippen LogP contribution in [-0.4, -0.2) is 37.0 Å². The van der Waals surface area contributed by atoms with Crippen LogP contribution in [0.3, 0.4) is 0 Å². The Morgan fingerprint density at radius 2 is 2.00 bits per heavy atom. The number of piperazine rings is 1. The number of hydrogen-bond acceptors (Lipinski definition) is 3. The van der Waals surface area contributed by atoms with Gasteiger partial charge in [0.05, 0.1) is 4.88 Å². The van der Waals surface area contributed by atoms with Crippen LogP contribution in [0.25, 0.3) is 0 Å². The highest BCUT2D eigenvalue weighted by Gasteiger charge is 2.26. The number of carbonyl (C=O) groups is 1. The van der Waals surface area contributed by atoms with E-state index in [2.05, 4.69) is 24.0 Å². The van der Waals surface area contributed by atoms with E-state index >= 15 is 0 Å². The minimum absolute atomic E-state index is 0.206. The first-order valence-electron chi connectivity index (χ1n) is 9.01. The van der Waals surface area contributed by atoms with E-state index in [0.717, 1.165) is 60.5 Å². The first kappa shape index (κ1) is 16.9. The Morgan fingerprint density at radius 3 is 2.76 bits per heavy atom. The highest BCUT2D eigenvalue weighted by atomic mass is 35.5. The van der Waals surface area contributed by atoms with Gasteiger partial charge in [-0.2, -0.15) is 0 Å². The topological polar surface area (TPSA) is 23.6 Å². The maximum atomic E-state index is 12.9. The van der Waals surface area contributed by atoms with Gasteiger partial charge < -0.3 is 9.80 Å².